The lowest BCUT2D eigenvalue weighted by Crippen LogP contribution is -2.38. The standard InChI is InChI=1S/C16H29N/c1-3-13-9-11-15(12-10-13)16(17-2)14-7-5-4-6-8-14/h7,13,15-17H,3-6,8-12H2,1-2H3. The van der Waals surface area contributed by atoms with Crippen LogP contribution in [0.5, 0.6) is 0 Å². The molecule has 0 bridgehead atoms. The molecule has 1 unspecified atom stereocenters. The molecule has 0 radical (unpaired) electrons. The maximum atomic E-state index is 3.61. The van der Waals surface area contributed by atoms with Crippen LogP contribution in [0, 0.1) is 11.8 Å². The fourth-order valence-corrected chi connectivity index (χ4v) is 3.80. The summed E-state index contributed by atoms with van der Waals surface area (Å²) >= 11 is 0. The molecule has 0 saturated heterocycles. The largest absolute Gasteiger partial charge is 0.313 e. The molecule has 0 aromatic carbocycles. The van der Waals surface area contributed by atoms with E-state index in [0.717, 1.165) is 11.8 Å². The van der Waals surface area contributed by atoms with Gasteiger partial charge in [0.25, 0.3) is 0 Å². The third-order valence-corrected chi connectivity index (χ3v) is 4.98. The number of rotatable bonds is 4. The van der Waals surface area contributed by atoms with Crippen molar-refractivity contribution in [1.82, 2.24) is 5.32 Å². The molecule has 2 rings (SSSR count). The van der Waals surface area contributed by atoms with Gasteiger partial charge in [-0.1, -0.05) is 37.8 Å². The molecule has 0 spiro atoms. The van der Waals surface area contributed by atoms with Crippen LogP contribution in [0.2, 0.25) is 0 Å². The van der Waals surface area contributed by atoms with Gasteiger partial charge in [0.2, 0.25) is 0 Å². The van der Waals surface area contributed by atoms with Gasteiger partial charge >= 0.3 is 0 Å². The molecule has 0 aliphatic heterocycles. The Labute approximate surface area is 107 Å². The lowest BCUT2D eigenvalue weighted by molar-refractivity contribution is 0.234. The minimum Gasteiger partial charge on any atom is -0.313 e. The molecular weight excluding hydrogens is 206 g/mol. The number of hydrogen-bond acceptors (Lipinski definition) is 1. The Kier molecular flexibility index (Phi) is 5.09. The summed E-state index contributed by atoms with van der Waals surface area (Å²) in [5, 5.41) is 3.61. The summed E-state index contributed by atoms with van der Waals surface area (Å²) in [7, 11) is 2.16. The normalized spacial score (nSPS) is 32.0. The number of likely N-dealkylation sites (N-methyl/N-ethyl adjacent to an activating group) is 1. The van der Waals surface area contributed by atoms with Crippen molar-refractivity contribution in [3.63, 3.8) is 0 Å². The van der Waals surface area contributed by atoms with Crippen molar-refractivity contribution in [2.45, 2.75) is 70.8 Å². The van der Waals surface area contributed by atoms with Gasteiger partial charge in [-0.15, -0.1) is 0 Å². The number of hydrogen-bond donors (Lipinski definition) is 1. The van der Waals surface area contributed by atoms with Crippen LogP contribution in [-0.2, 0) is 0 Å². The van der Waals surface area contributed by atoms with Crippen molar-refractivity contribution in [3.05, 3.63) is 11.6 Å². The third kappa shape index (κ3) is 3.34. The van der Waals surface area contributed by atoms with E-state index in [0.29, 0.717) is 6.04 Å². The van der Waals surface area contributed by atoms with Gasteiger partial charge in [0.05, 0.1) is 0 Å². The van der Waals surface area contributed by atoms with Crippen LogP contribution in [-0.4, -0.2) is 13.1 Å². The molecule has 1 heteroatoms. The third-order valence-electron chi connectivity index (χ3n) is 4.98. The lowest BCUT2D eigenvalue weighted by Gasteiger charge is -2.35. The van der Waals surface area contributed by atoms with E-state index in [9.17, 15) is 0 Å². The molecule has 2 aliphatic rings. The fourth-order valence-electron chi connectivity index (χ4n) is 3.80. The molecule has 0 heterocycles. The summed E-state index contributed by atoms with van der Waals surface area (Å²) in [5.41, 5.74) is 1.72. The van der Waals surface area contributed by atoms with E-state index >= 15 is 0 Å². The zero-order valence-electron chi connectivity index (χ0n) is 11.7. The van der Waals surface area contributed by atoms with Crippen LogP contribution < -0.4 is 5.32 Å². The maximum absolute atomic E-state index is 3.61. The number of allylic oxidation sites excluding steroid dienone is 1. The van der Waals surface area contributed by atoms with Gasteiger partial charge in [0, 0.05) is 6.04 Å². The summed E-state index contributed by atoms with van der Waals surface area (Å²) in [6.07, 6.45) is 15.2. The van der Waals surface area contributed by atoms with E-state index in [1.54, 1.807) is 5.57 Å². The Morgan fingerprint density at radius 2 is 2.00 bits per heavy atom. The van der Waals surface area contributed by atoms with Crippen molar-refractivity contribution in [3.8, 4) is 0 Å². The summed E-state index contributed by atoms with van der Waals surface area (Å²) in [6, 6.07) is 0.688. The van der Waals surface area contributed by atoms with Crippen LogP contribution in [0.15, 0.2) is 11.6 Å². The molecule has 1 fully saturated rings. The zero-order valence-corrected chi connectivity index (χ0v) is 11.7. The second-order valence-electron chi connectivity index (χ2n) is 5.98. The van der Waals surface area contributed by atoms with Crippen LogP contribution in [0.25, 0.3) is 0 Å². The van der Waals surface area contributed by atoms with Crippen molar-refractivity contribution in [1.29, 1.82) is 0 Å². The molecule has 1 atom stereocenters. The smallest absolute Gasteiger partial charge is 0.0305 e. The van der Waals surface area contributed by atoms with E-state index in [1.165, 1.54) is 57.8 Å². The quantitative estimate of drug-likeness (QED) is 0.717. The molecule has 2 aliphatic carbocycles. The first-order valence-electron chi connectivity index (χ1n) is 7.71. The topological polar surface area (TPSA) is 12.0 Å². The predicted molar refractivity (Wildman–Crippen MR) is 75.1 cm³/mol. The molecule has 98 valence electrons. The summed E-state index contributed by atoms with van der Waals surface area (Å²) in [6.45, 7) is 2.35. The second kappa shape index (κ2) is 6.58. The van der Waals surface area contributed by atoms with Crippen LogP contribution in [0.3, 0.4) is 0 Å². The molecule has 0 aromatic heterocycles. The van der Waals surface area contributed by atoms with Gasteiger partial charge in [-0.3, -0.25) is 0 Å². The zero-order chi connectivity index (χ0) is 12.1. The van der Waals surface area contributed by atoms with Crippen molar-refractivity contribution in [2.24, 2.45) is 11.8 Å². The minimum absolute atomic E-state index is 0.688. The average Bonchev–Trinajstić information content (AvgIpc) is 2.42. The monoisotopic (exact) mass is 235 g/mol. The minimum atomic E-state index is 0.688. The SMILES string of the molecule is CCC1CCC(C(NC)C2=CCCCC2)CC1. The van der Waals surface area contributed by atoms with Gasteiger partial charge in [0.1, 0.15) is 0 Å². The molecule has 1 saturated carbocycles. The molecule has 0 amide bonds. The van der Waals surface area contributed by atoms with Crippen LogP contribution in [0.4, 0.5) is 0 Å². The Bertz CT molecular complexity index is 248. The highest BCUT2D eigenvalue weighted by atomic mass is 14.9. The summed E-state index contributed by atoms with van der Waals surface area (Å²) < 4.78 is 0. The predicted octanol–water partition coefficient (Wildman–Crippen LogP) is 4.29. The van der Waals surface area contributed by atoms with Gasteiger partial charge < -0.3 is 5.32 Å². The number of nitrogens with one attached hydrogen (secondary N) is 1. The first-order chi connectivity index (χ1) is 8.35. The first kappa shape index (κ1) is 13.1. The van der Waals surface area contributed by atoms with Gasteiger partial charge in [-0.05, 0) is 57.4 Å². The molecule has 1 N–H and O–H groups in total. The Hall–Kier alpha value is -0.300. The summed E-state index contributed by atoms with van der Waals surface area (Å²) in [5.74, 6) is 1.93. The Morgan fingerprint density at radius 1 is 1.24 bits per heavy atom. The van der Waals surface area contributed by atoms with Crippen LogP contribution in [0.1, 0.15) is 64.7 Å². The molecule has 17 heavy (non-hydrogen) atoms. The highest BCUT2D eigenvalue weighted by molar-refractivity contribution is 5.15. The fraction of sp³-hybridized carbons (Fsp3) is 0.875. The van der Waals surface area contributed by atoms with Gasteiger partial charge in [-0.25, -0.2) is 0 Å². The maximum Gasteiger partial charge on any atom is 0.0305 e. The highest BCUT2D eigenvalue weighted by Crippen LogP contribution is 2.36. The van der Waals surface area contributed by atoms with E-state index in [2.05, 4.69) is 25.4 Å². The Morgan fingerprint density at radius 3 is 2.53 bits per heavy atom. The van der Waals surface area contributed by atoms with Crippen molar-refractivity contribution in [2.75, 3.05) is 7.05 Å². The lowest BCUT2D eigenvalue weighted by atomic mass is 9.74. The van der Waals surface area contributed by atoms with Crippen molar-refractivity contribution >= 4 is 0 Å². The van der Waals surface area contributed by atoms with E-state index in [1.807, 2.05) is 0 Å². The first-order valence-corrected chi connectivity index (χ1v) is 7.71. The van der Waals surface area contributed by atoms with Crippen molar-refractivity contribution < 1.29 is 0 Å². The van der Waals surface area contributed by atoms with E-state index in [-0.39, 0.29) is 0 Å². The van der Waals surface area contributed by atoms with E-state index < -0.39 is 0 Å². The highest BCUT2D eigenvalue weighted by Gasteiger charge is 2.28. The molecule has 0 aromatic rings. The average molecular weight is 235 g/mol. The van der Waals surface area contributed by atoms with Crippen LogP contribution >= 0.6 is 0 Å². The molecule has 1 nitrogen and oxygen atoms in total. The van der Waals surface area contributed by atoms with E-state index in [4.69, 9.17) is 0 Å². The summed E-state index contributed by atoms with van der Waals surface area (Å²) in [4.78, 5) is 0. The van der Waals surface area contributed by atoms with Gasteiger partial charge in [-0.2, -0.15) is 0 Å². The Balaban J connectivity index is 1.92. The van der Waals surface area contributed by atoms with Gasteiger partial charge in [0.15, 0.2) is 0 Å². The molecular formula is C16H29N. The second-order valence-corrected chi connectivity index (χ2v) is 5.98.